The summed E-state index contributed by atoms with van der Waals surface area (Å²) < 4.78 is 6.29. The maximum Gasteiger partial charge on any atom is 0.124 e. The van der Waals surface area contributed by atoms with Gasteiger partial charge in [-0.3, -0.25) is 0 Å². The number of nitrogens with zero attached hydrogens (tertiary/aromatic N) is 1. The molecule has 0 aliphatic rings. The van der Waals surface area contributed by atoms with Gasteiger partial charge >= 0.3 is 0 Å². The number of aromatic nitrogens is 1. The molecule has 4 heteroatoms. The molecule has 0 spiro atoms. The number of rotatable bonds is 3. The topological polar surface area (TPSA) is 48.1 Å². The molecule has 2 aromatic carbocycles. The minimum absolute atomic E-state index is 0.347. The van der Waals surface area contributed by atoms with Crippen molar-refractivity contribution in [2.75, 3.05) is 7.11 Å². The number of benzene rings is 2. The lowest BCUT2D eigenvalue weighted by atomic mass is 10.0. The summed E-state index contributed by atoms with van der Waals surface area (Å²) in [7, 11) is 1.65. The van der Waals surface area contributed by atoms with Crippen molar-refractivity contribution in [1.29, 1.82) is 0 Å². The van der Waals surface area contributed by atoms with Crippen molar-refractivity contribution in [2.24, 2.45) is 5.73 Å². The number of nitrogens with two attached hydrogens (primary N) is 1. The van der Waals surface area contributed by atoms with E-state index in [1.165, 1.54) is 0 Å². The Labute approximate surface area is 131 Å². The maximum absolute atomic E-state index is 6.41. The predicted octanol–water partition coefficient (Wildman–Crippen LogP) is 4.05. The van der Waals surface area contributed by atoms with Gasteiger partial charge in [-0.15, -0.1) is 0 Å². The van der Waals surface area contributed by atoms with Crippen LogP contribution in [0.2, 0.25) is 0 Å². The van der Waals surface area contributed by atoms with Gasteiger partial charge in [-0.25, -0.2) is 4.98 Å². The van der Waals surface area contributed by atoms with Gasteiger partial charge in [-0.05, 0) is 34.1 Å². The van der Waals surface area contributed by atoms with Crippen LogP contribution in [0.15, 0.2) is 59.1 Å². The molecule has 2 N–H and O–H groups in total. The molecular formula is C17H15BrN2O. The Bertz CT molecular complexity index is 789. The van der Waals surface area contributed by atoms with Crippen LogP contribution in [-0.2, 0) is 0 Å². The standard InChI is InChI=1S/C17H15BrN2O/c1-21-15-9-5-3-7-12(15)16(19)17-13(18)10-11-6-2-4-8-14(11)20-17/h2-10,16H,19H2,1H3. The molecule has 0 radical (unpaired) electrons. The lowest BCUT2D eigenvalue weighted by Gasteiger charge is -2.17. The van der Waals surface area contributed by atoms with Crippen LogP contribution >= 0.6 is 15.9 Å². The van der Waals surface area contributed by atoms with E-state index < -0.39 is 0 Å². The van der Waals surface area contributed by atoms with E-state index in [0.29, 0.717) is 0 Å². The molecule has 1 unspecified atom stereocenters. The highest BCUT2D eigenvalue weighted by Gasteiger charge is 2.18. The van der Waals surface area contributed by atoms with Crippen molar-refractivity contribution in [2.45, 2.75) is 6.04 Å². The first kappa shape index (κ1) is 14.0. The van der Waals surface area contributed by atoms with E-state index in [0.717, 1.165) is 32.4 Å². The molecule has 106 valence electrons. The Morgan fingerprint density at radius 2 is 1.81 bits per heavy atom. The molecule has 3 rings (SSSR count). The molecule has 21 heavy (non-hydrogen) atoms. The quantitative estimate of drug-likeness (QED) is 0.780. The average Bonchev–Trinajstić information content (AvgIpc) is 2.53. The van der Waals surface area contributed by atoms with Gasteiger partial charge < -0.3 is 10.5 Å². The molecule has 3 aromatic rings. The van der Waals surface area contributed by atoms with Crippen LogP contribution in [0, 0.1) is 0 Å². The fourth-order valence-corrected chi connectivity index (χ4v) is 2.98. The van der Waals surface area contributed by atoms with Crippen molar-refractivity contribution >= 4 is 26.8 Å². The number of pyridine rings is 1. The van der Waals surface area contributed by atoms with Crippen molar-refractivity contribution in [3.8, 4) is 5.75 Å². The van der Waals surface area contributed by atoms with E-state index >= 15 is 0 Å². The van der Waals surface area contributed by atoms with Crippen molar-refractivity contribution in [3.05, 3.63) is 70.3 Å². The third-order valence-electron chi connectivity index (χ3n) is 3.47. The summed E-state index contributed by atoms with van der Waals surface area (Å²) in [6.07, 6.45) is 0. The average molecular weight is 343 g/mol. The maximum atomic E-state index is 6.41. The fourth-order valence-electron chi connectivity index (χ4n) is 2.39. The van der Waals surface area contributed by atoms with Crippen molar-refractivity contribution < 1.29 is 4.74 Å². The Morgan fingerprint density at radius 3 is 2.62 bits per heavy atom. The van der Waals surface area contributed by atoms with Crippen molar-refractivity contribution in [3.63, 3.8) is 0 Å². The number of halogens is 1. The number of fused-ring (bicyclic) bond motifs is 1. The van der Waals surface area contributed by atoms with Gasteiger partial charge in [0.1, 0.15) is 5.75 Å². The van der Waals surface area contributed by atoms with E-state index in [4.69, 9.17) is 15.5 Å². The molecule has 1 heterocycles. The number of ether oxygens (including phenoxy) is 1. The lowest BCUT2D eigenvalue weighted by molar-refractivity contribution is 0.407. The fraction of sp³-hybridized carbons (Fsp3) is 0.118. The van der Waals surface area contributed by atoms with Gasteiger partial charge in [-0.1, -0.05) is 36.4 Å². The Balaban J connectivity index is 2.13. The van der Waals surface area contributed by atoms with E-state index in [1.807, 2.05) is 54.6 Å². The molecule has 1 aromatic heterocycles. The SMILES string of the molecule is COc1ccccc1C(N)c1nc2ccccc2cc1Br. The summed E-state index contributed by atoms with van der Waals surface area (Å²) in [6.45, 7) is 0. The molecule has 0 aliphatic carbocycles. The zero-order chi connectivity index (χ0) is 14.8. The smallest absolute Gasteiger partial charge is 0.124 e. The zero-order valence-electron chi connectivity index (χ0n) is 11.6. The minimum Gasteiger partial charge on any atom is -0.496 e. The summed E-state index contributed by atoms with van der Waals surface area (Å²) in [5.74, 6) is 0.770. The minimum atomic E-state index is -0.347. The first-order valence-corrected chi connectivity index (χ1v) is 7.43. The highest BCUT2D eigenvalue weighted by atomic mass is 79.9. The summed E-state index contributed by atoms with van der Waals surface area (Å²) in [4.78, 5) is 4.70. The lowest BCUT2D eigenvalue weighted by Crippen LogP contribution is -2.15. The normalized spacial score (nSPS) is 12.3. The highest BCUT2D eigenvalue weighted by Crippen LogP contribution is 2.32. The van der Waals surface area contributed by atoms with Crippen LogP contribution in [0.4, 0.5) is 0 Å². The highest BCUT2D eigenvalue weighted by molar-refractivity contribution is 9.10. The van der Waals surface area contributed by atoms with E-state index in [9.17, 15) is 0 Å². The monoisotopic (exact) mass is 342 g/mol. The summed E-state index contributed by atoms with van der Waals surface area (Å²) in [6, 6.07) is 17.4. The molecular weight excluding hydrogens is 328 g/mol. The van der Waals surface area contributed by atoms with Crippen LogP contribution in [0.25, 0.3) is 10.9 Å². The second-order valence-electron chi connectivity index (χ2n) is 4.77. The van der Waals surface area contributed by atoms with Crippen molar-refractivity contribution in [1.82, 2.24) is 4.98 Å². The molecule has 0 amide bonds. The summed E-state index contributed by atoms with van der Waals surface area (Å²) in [5, 5.41) is 1.08. The zero-order valence-corrected chi connectivity index (χ0v) is 13.2. The van der Waals surface area contributed by atoms with Crippen LogP contribution in [-0.4, -0.2) is 12.1 Å². The van der Waals surface area contributed by atoms with Crippen LogP contribution in [0.5, 0.6) is 5.75 Å². The van der Waals surface area contributed by atoms with Gasteiger partial charge in [0.25, 0.3) is 0 Å². The number of para-hydroxylation sites is 2. The van der Waals surface area contributed by atoms with Crippen LogP contribution < -0.4 is 10.5 Å². The Hall–Kier alpha value is -1.91. The van der Waals surface area contributed by atoms with Crippen LogP contribution in [0.3, 0.4) is 0 Å². The second-order valence-corrected chi connectivity index (χ2v) is 5.62. The Morgan fingerprint density at radius 1 is 1.10 bits per heavy atom. The second kappa shape index (κ2) is 5.84. The third-order valence-corrected chi connectivity index (χ3v) is 4.11. The molecule has 0 aliphatic heterocycles. The molecule has 0 fully saturated rings. The predicted molar refractivity (Wildman–Crippen MR) is 88.5 cm³/mol. The molecule has 0 bridgehead atoms. The van der Waals surface area contributed by atoms with E-state index in [1.54, 1.807) is 7.11 Å². The van der Waals surface area contributed by atoms with E-state index in [2.05, 4.69) is 15.9 Å². The molecule has 0 saturated heterocycles. The largest absolute Gasteiger partial charge is 0.496 e. The molecule has 1 atom stereocenters. The van der Waals surface area contributed by atoms with Crippen LogP contribution in [0.1, 0.15) is 17.3 Å². The van der Waals surface area contributed by atoms with Gasteiger partial charge in [0.2, 0.25) is 0 Å². The van der Waals surface area contributed by atoms with Gasteiger partial charge in [0.15, 0.2) is 0 Å². The van der Waals surface area contributed by atoms with Gasteiger partial charge in [0, 0.05) is 15.4 Å². The summed E-state index contributed by atoms with van der Waals surface area (Å²) in [5.41, 5.74) is 9.07. The molecule has 3 nitrogen and oxygen atoms in total. The first-order valence-electron chi connectivity index (χ1n) is 6.64. The van der Waals surface area contributed by atoms with Gasteiger partial charge in [0.05, 0.1) is 24.4 Å². The number of hydrogen-bond donors (Lipinski definition) is 1. The number of hydrogen-bond acceptors (Lipinski definition) is 3. The Kier molecular flexibility index (Phi) is 3.90. The van der Waals surface area contributed by atoms with E-state index in [-0.39, 0.29) is 6.04 Å². The first-order chi connectivity index (χ1) is 10.2. The van der Waals surface area contributed by atoms with Gasteiger partial charge in [-0.2, -0.15) is 0 Å². The summed E-state index contributed by atoms with van der Waals surface area (Å²) >= 11 is 3.58. The third kappa shape index (κ3) is 2.64. The molecule has 0 saturated carbocycles. The number of methoxy groups -OCH3 is 1.